The van der Waals surface area contributed by atoms with Crippen LogP contribution in [0.25, 0.3) is 11.4 Å². The van der Waals surface area contributed by atoms with Crippen LogP contribution in [0.2, 0.25) is 0 Å². The van der Waals surface area contributed by atoms with Gasteiger partial charge in [-0.3, -0.25) is 4.79 Å². The summed E-state index contributed by atoms with van der Waals surface area (Å²) in [4.78, 5) is 16.7. The first-order chi connectivity index (χ1) is 12.2. The van der Waals surface area contributed by atoms with Crippen LogP contribution in [0.5, 0.6) is 0 Å². The Morgan fingerprint density at radius 3 is 2.88 bits per heavy atom. The molecule has 0 aliphatic carbocycles. The summed E-state index contributed by atoms with van der Waals surface area (Å²) in [5.41, 5.74) is 2.44. The summed E-state index contributed by atoms with van der Waals surface area (Å²) < 4.78 is 0. The molecule has 2 saturated heterocycles. The van der Waals surface area contributed by atoms with Gasteiger partial charge in [0.2, 0.25) is 5.91 Å². The molecule has 2 fully saturated rings. The van der Waals surface area contributed by atoms with E-state index >= 15 is 0 Å². The van der Waals surface area contributed by atoms with Crippen molar-refractivity contribution in [2.24, 2.45) is 5.41 Å². The highest BCUT2D eigenvalue weighted by Gasteiger charge is 2.49. The van der Waals surface area contributed by atoms with E-state index in [1.165, 1.54) is 0 Å². The minimum atomic E-state index is 0.259. The van der Waals surface area contributed by atoms with Gasteiger partial charge in [-0.2, -0.15) is 0 Å². The number of rotatable bonds is 5. The molecule has 7 heteroatoms. The minimum absolute atomic E-state index is 0.259. The predicted octanol–water partition coefficient (Wildman–Crippen LogP) is 2.10. The summed E-state index contributed by atoms with van der Waals surface area (Å²) in [6.45, 7) is 5.92. The number of tetrazole rings is 1. The molecule has 1 aromatic carbocycles. The third-order valence-electron chi connectivity index (χ3n) is 5.43. The van der Waals surface area contributed by atoms with Crippen LogP contribution in [-0.2, 0) is 4.79 Å². The van der Waals surface area contributed by atoms with Crippen LogP contribution in [0, 0.1) is 5.41 Å². The summed E-state index contributed by atoms with van der Waals surface area (Å²) in [6.07, 6.45) is 3.86. The van der Waals surface area contributed by atoms with E-state index in [0.717, 1.165) is 56.7 Å². The molecular formula is C18H24N6O. The van der Waals surface area contributed by atoms with Gasteiger partial charge in [0.25, 0.3) is 0 Å². The van der Waals surface area contributed by atoms with Gasteiger partial charge in [0.1, 0.15) is 0 Å². The number of aromatic nitrogens is 4. The number of anilines is 1. The van der Waals surface area contributed by atoms with Gasteiger partial charge in [-0.15, -0.1) is 5.10 Å². The highest BCUT2D eigenvalue weighted by molar-refractivity contribution is 5.77. The summed E-state index contributed by atoms with van der Waals surface area (Å²) in [6, 6.07) is 8.20. The van der Waals surface area contributed by atoms with Crippen LogP contribution in [0.4, 0.5) is 5.69 Å². The Morgan fingerprint density at radius 1 is 1.28 bits per heavy atom. The number of hydrogen-bond acceptors (Lipinski definition) is 5. The zero-order valence-corrected chi connectivity index (χ0v) is 14.6. The lowest BCUT2D eigenvalue weighted by Crippen LogP contribution is -2.58. The second-order valence-corrected chi connectivity index (χ2v) is 7.29. The number of unbranched alkanes of at least 4 members (excludes halogenated alkanes) is 1. The number of likely N-dealkylation sites (tertiary alicyclic amines) is 1. The van der Waals surface area contributed by atoms with E-state index in [1.807, 2.05) is 18.2 Å². The number of hydrogen-bond donors (Lipinski definition) is 1. The highest BCUT2D eigenvalue weighted by atomic mass is 16.2. The van der Waals surface area contributed by atoms with Crippen molar-refractivity contribution in [1.82, 2.24) is 25.5 Å². The second kappa shape index (κ2) is 6.46. The molecule has 1 N–H and O–H groups in total. The topological polar surface area (TPSA) is 78.0 Å². The molecule has 1 amide bonds. The molecular weight excluding hydrogens is 316 g/mol. The average Bonchev–Trinajstić information content (AvgIpc) is 3.28. The van der Waals surface area contributed by atoms with Gasteiger partial charge in [0, 0.05) is 49.3 Å². The third kappa shape index (κ3) is 2.99. The van der Waals surface area contributed by atoms with Gasteiger partial charge in [0.15, 0.2) is 5.82 Å². The van der Waals surface area contributed by atoms with Crippen LogP contribution in [0.1, 0.15) is 32.6 Å². The number of benzene rings is 1. The normalized spacial score (nSPS) is 18.6. The Balaban J connectivity index is 1.42. The van der Waals surface area contributed by atoms with Crippen molar-refractivity contribution in [3.8, 4) is 11.4 Å². The Hall–Kier alpha value is -2.44. The lowest BCUT2D eigenvalue weighted by molar-refractivity contribution is -0.130. The number of nitrogens with zero attached hydrogens (tertiary/aromatic N) is 5. The number of aromatic amines is 1. The Kier molecular flexibility index (Phi) is 4.15. The number of amides is 1. The second-order valence-electron chi connectivity index (χ2n) is 7.29. The molecule has 1 spiro atoms. The lowest BCUT2D eigenvalue weighted by Gasteiger charge is -2.49. The first-order valence-corrected chi connectivity index (χ1v) is 9.07. The van der Waals surface area contributed by atoms with E-state index in [9.17, 15) is 4.79 Å². The Morgan fingerprint density at radius 2 is 2.12 bits per heavy atom. The molecule has 0 radical (unpaired) electrons. The van der Waals surface area contributed by atoms with Crippen LogP contribution in [0.3, 0.4) is 0 Å². The zero-order chi connectivity index (χ0) is 17.3. The van der Waals surface area contributed by atoms with Gasteiger partial charge < -0.3 is 9.80 Å². The molecule has 2 aliphatic rings. The fourth-order valence-electron chi connectivity index (χ4n) is 4.05. The minimum Gasteiger partial charge on any atom is -0.370 e. The van der Waals surface area contributed by atoms with Gasteiger partial charge in [0.05, 0.1) is 0 Å². The summed E-state index contributed by atoms with van der Waals surface area (Å²) in [5, 5.41) is 14.3. The molecule has 0 unspecified atom stereocenters. The maximum atomic E-state index is 12.3. The molecule has 0 saturated carbocycles. The van der Waals surface area contributed by atoms with Gasteiger partial charge >= 0.3 is 0 Å². The van der Waals surface area contributed by atoms with E-state index in [1.54, 1.807) is 0 Å². The average molecular weight is 340 g/mol. The fourth-order valence-corrected chi connectivity index (χ4v) is 4.05. The molecule has 0 atom stereocenters. The number of carbonyl (C=O) groups excluding carboxylic acids is 1. The monoisotopic (exact) mass is 340 g/mol. The molecule has 2 aliphatic heterocycles. The fraction of sp³-hybridized carbons (Fsp3) is 0.556. The van der Waals surface area contributed by atoms with Crippen molar-refractivity contribution in [1.29, 1.82) is 0 Å². The summed E-state index contributed by atoms with van der Waals surface area (Å²) in [7, 11) is 0. The highest BCUT2D eigenvalue weighted by Crippen LogP contribution is 2.44. The van der Waals surface area contributed by atoms with E-state index < -0.39 is 0 Å². The first-order valence-electron chi connectivity index (χ1n) is 9.07. The third-order valence-corrected chi connectivity index (χ3v) is 5.43. The molecule has 132 valence electrons. The smallest absolute Gasteiger partial charge is 0.222 e. The van der Waals surface area contributed by atoms with Crippen LogP contribution < -0.4 is 4.90 Å². The van der Waals surface area contributed by atoms with Crippen LogP contribution in [0.15, 0.2) is 24.3 Å². The van der Waals surface area contributed by atoms with Gasteiger partial charge in [-0.1, -0.05) is 25.5 Å². The van der Waals surface area contributed by atoms with Crippen molar-refractivity contribution >= 4 is 11.6 Å². The standard InChI is InChI=1S/C18H24N6O/c1-2-3-8-16(25)23-10-9-18(11-23)12-24(13-18)15-7-5-4-6-14(15)17-19-21-22-20-17/h4-7H,2-3,8-13H2,1H3,(H,19,20,21,22). The maximum Gasteiger partial charge on any atom is 0.222 e. The van der Waals surface area contributed by atoms with E-state index in [2.05, 4.69) is 43.4 Å². The number of H-pyrrole nitrogens is 1. The SMILES string of the molecule is CCCCC(=O)N1CCC2(C1)CN(c1ccccc1-c1nnn[nH]1)C2. The number of para-hydroxylation sites is 1. The molecule has 4 rings (SSSR count). The molecule has 1 aromatic heterocycles. The van der Waals surface area contributed by atoms with Crippen molar-refractivity contribution in [3.63, 3.8) is 0 Å². The molecule has 0 bridgehead atoms. The van der Waals surface area contributed by atoms with Crippen LogP contribution in [-0.4, -0.2) is 57.6 Å². The van der Waals surface area contributed by atoms with Crippen molar-refractivity contribution in [2.75, 3.05) is 31.1 Å². The zero-order valence-electron chi connectivity index (χ0n) is 14.6. The first kappa shape index (κ1) is 16.1. The lowest BCUT2D eigenvalue weighted by atomic mass is 9.78. The Labute approximate surface area is 147 Å². The van der Waals surface area contributed by atoms with Crippen molar-refractivity contribution < 1.29 is 4.79 Å². The molecule has 3 heterocycles. The molecule has 25 heavy (non-hydrogen) atoms. The maximum absolute atomic E-state index is 12.3. The van der Waals surface area contributed by atoms with E-state index in [0.29, 0.717) is 18.2 Å². The van der Waals surface area contributed by atoms with E-state index in [4.69, 9.17) is 0 Å². The molecule has 7 nitrogen and oxygen atoms in total. The quantitative estimate of drug-likeness (QED) is 0.902. The van der Waals surface area contributed by atoms with E-state index in [-0.39, 0.29) is 5.41 Å². The predicted molar refractivity (Wildman–Crippen MR) is 95.0 cm³/mol. The van der Waals surface area contributed by atoms with Crippen LogP contribution >= 0.6 is 0 Å². The summed E-state index contributed by atoms with van der Waals surface area (Å²) >= 11 is 0. The summed E-state index contributed by atoms with van der Waals surface area (Å²) in [5.74, 6) is 1.02. The van der Waals surface area contributed by atoms with Gasteiger partial charge in [-0.05, 0) is 35.4 Å². The van der Waals surface area contributed by atoms with Gasteiger partial charge in [-0.25, -0.2) is 5.10 Å². The number of carbonyl (C=O) groups is 1. The largest absolute Gasteiger partial charge is 0.370 e. The molecule has 2 aromatic rings. The van der Waals surface area contributed by atoms with Crippen molar-refractivity contribution in [3.05, 3.63) is 24.3 Å². The Bertz CT molecular complexity index is 738. The number of nitrogens with one attached hydrogen (secondary N) is 1. The van der Waals surface area contributed by atoms with Crippen molar-refractivity contribution in [2.45, 2.75) is 32.6 Å².